The van der Waals surface area contributed by atoms with Gasteiger partial charge in [-0.1, -0.05) is 18.2 Å². The number of carbonyl (C=O) groups is 2. The number of H-pyrrole nitrogens is 1. The Morgan fingerprint density at radius 1 is 1.08 bits per heavy atom. The number of anilines is 1. The number of esters is 1. The van der Waals surface area contributed by atoms with E-state index in [1.54, 1.807) is 19.1 Å². The summed E-state index contributed by atoms with van der Waals surface area (Å²) >= 11 is 1.46. The van der Waals surface area contributed by atoms with Crippen LogP contribution in [0.2, 0.25) is 0 Å². The number of amides is 1. The van der Waals surface area contributed by atoms with E-state index in [2.05, 4.69) is 10.3 Å². The predicted molar refractivity (Wildman–Crippen MR) is 104 cm³/mol. The van der Waals surface area contributed by atoms with Crippen LogP contribution in [0.1, 0.15) is 27.1 Å². The first-order valence-corrected chi connectivity index (χ1v) is 9.05. The molecule has 1 amide bonds. The van der Waals surface area contributed by atoms with Gasteiger partial charge in [-0.25, -0.2) is 4.79 Å². The van der Waals surface area contributed by atoms with Gasteiger partial charge in [-0.05, 0) is 48.7 Å². The molecule has 0 saturated carbocycles. The summed E-state index contributed by atoms with van der Waals surface area (Å²) in [6.45, 7) is 2.09. The molecule has 0 aliphatic heterocycles. The number of thiophene rings is 1. The molecule has 2 aromatic heterocycles. The minimum Gasteiger partial charge on any atom is -0.461 e. The number of ether oxygens (including phenoxy) is 1. The molecule has 6 heteroatoms. The normalized spacial score (nSPS) is 11.0. The second-order valence-electron chi connectivity index (χ2n) is 5.81. The van der Waals surface area contributed by atoms with Crippen molar-refractivity contribution in [2.75, 3.05) is 11.9 Å². The highest BCUT2D eigenvalue weighted by Crippen LogP contribution is 2.27. The maximum absolute atomic E-state index is 12.5. The fourth-order valence-corrected chi connectivity index (χ4v) is 3.77. The van der Waals surface area contributed by atoms with Crippen molar-refractivity contribution in [2.45, 2.75) is 6.92 Å². The summed E-state index contributed by atoms with van der Waals surface area (Å²) in [5.41, 5.74) is 1.89. The van der Waals surface area contributed by atoms with Crippen LogP contribution >= 0.6 is 11.3 Å². The van der Waals surface area contributed by atoms with E-state index in [0.29, 0.717) is 22.9 Å². The van der Waals surface area contributed by atoms with Crippen LogP contribution in [-0.2, 0) is 4.74 Å². The number of rotatable bonds is 4. The highest BCUT2D eigenvalue weighted by atomic mass is 32.1. The molecule has 0 aliphatic rings. The van der Waals surface area contributed by atoms with E-state index in [4.69, 9.17) is 4.74 Å². The van der Waals surface area contributed by atoms with Crippen LogP contribution in [0.25, 0.3) is 21.0 Å². The Morgan fingerprint density at radius 2 is 1.92 bits per heavy atom. The molecular weight excluding hydrogens is 348 g/mol. The molecule has 0 saturated heterocycles. The maximum atomic E-state index is 12.5. The molecule has 130 valence electrons. The molecule has 0 fully saturated rings. The standard InChI is InChI=1S/C20H16N2O3S/c1-2-25-20(24)16-10-13-9-14(7-8-15(13)22-16)21-19(23)18-11-12-5-3-4-6-17(12)26-18/h3-11,22H,2H2,1H3,(H,21,23). The third-order valence-electron chi connectivity index (χ3n) is 4.02. The fraction of sp³-hybridized carbons (Fsp3) is 0.100. The van der Waals surface area contributed by atoms with Crippen molar-refractivity contribution in [3.05, 3.63) is 65.2 Å². The molecule has 0 unspecified atom stereocenters. The first-order chi connectivity index (χ1) is 12.6. The molecule has 5 nitrogen and oxygen atoms in total. The Morgan fingerprint density at radius 3 is 2.73 bits per heavy atom. The first kappa shape index (κ1) is 16.4. The van der Waals surface area contributed by atoms with Crippen LogP contribution in [-0.4, -0.2) is 23.5 Å². The Kier molecular flexibility index (Phi) is 4.18. The summed E-state index contributed by atoms with van der Waals surface area (Å²) < 4.78 is 6.08. The van der Waals surface area contributed by atoms with Gasteiger partial charge in [0.1, 0.15) is 5.69 Å². The fourth-order valence-electron chi connectivity index (χ4n) is 2.82. The monoisotopic (exact) mass is 364 g/mol. The van der Waals surface area contributed by atoms with Crippen molar-refractivity contribution in [3.63, 3.8) is 0 Å². The number of fused-ring (bicyclic) bond motifs is 2. The van der Waals surface area contributed by atoms with Crippen molar-refractivity contribution in [1.82, 2.24) is 4.98 Å². The van der Waals surface area contributed by atoms with E-state index in [1.807, 2.05) is 42.5 Å². The zero-order chi connectivity index (χ0) is 18.1. The second kappa shape index (κ2) is 6.65. The van der Waals surface area contributed by atoms with Crippen molar-refractivity contribution >= 4 is 49.9 Å². The SMILES string of the molecule is CCOC(=O)c1cc2cc(NC(=O)c3cc4ccccc4s3)ccc2[nH]1. The van der Waals surface area contributed by atoms with Crippen LogP contribution in [0.15, 0.2) is 54.6 Å². The molecule has 0 bridgehead atoms. The van der Waals surface area contributed by atoms with Gasteiger partial charge in [0.25, 0.3) is 5.91 Å². The summed E-state index contributed by atoms with van der Waals surface area (Å²) in [7, 11) is 0. The Balaban J connectivity index is 1.58. The zero-order valence-corrected chi connectivity index (χ0v) is 14.9. The molecule has 2 heterocycles. The topological polar surface area (TPSA) is 71.2 Å². The van der Waals surface area contributed by atoms with E-state index < -0.39 is 0 Å². The van der Waals surface area contributed by atoms with Crippen molar-refractivity contribution in [2.24, 2.45) is 0 Å². The summed E-state index contributed by atoms with van der Waals surface area (Å²) in [6.07, 6.45) is 0. The quantitative estimate of drug-likeness (QED) is 0.510. The lowest BCUT2D eigenvalue weighted by Gasteiger charge is -2.03. The zero-order valence-electron chi connectivity index (χ0n) is 14.0. The lowest BCUT2D eigenvalue weighted by atomic mass is 10.2. The third kappa shape index (κ3) is 3.07. The van der Waals surface area contributed by atoms with Crippen molar-refractivity contribution in [3.8, 4) is 0 Å². The summed E-state index contributed by atoms with van der Waals surface area (Å²) in [6, 6.07) is 17.0. The number of aromatic amines is 1. The van der Waals surface area contributed by atoms with Crippen LogP contribution in [0.3, 0.4) is 0 Å². The predicted octanol–water partition coefficient (Wildman–Crippen LogP) is 4.81. The van der Waals surface area contributed by atoms with Gasteiger partial charge in [-0.3, -0.25) is 4.79 Å². The molecule has 4 rings (SSSR count). The van der Waals surface area contributed by atoms with Gasteiger partial charge in [0.15, 0.2) is 0 Å². The van der Waals surface area contributed by atoms with E-state index in [-0.39, 0.29) is 11.9 Å². The second-order valence-corrected chi connectivity index (χ2v) is 6.89. The molecule has 0 spiro atoms. The maximum Gasteiger partial charge on any atom is 0.354 e. The summed E-state index contributed by atoms with van der Waals surface area (Å²) in [5.74, 6) is -0.536. The van der Waals surface area contributed by atoms with E-state index in [9.17, 15) is 9.59 Å². The van der Waals surface area contributed by atoms with Gasteiger partial charge < -0.3 is 15.0 Å². The van der Waals surface area contributed by atoms with Crippen LogP contribution in [0, 0.1) is 0 Å². The smallest absolute Gasteiger partial charge is 0.354 e. The van der Waals surface area contributed by atoms with Crippen molar-refractivity contribution < 1.29 is 14.3 Å². The van der Waals surface area contributed by atoms with E-state index in [0.717, 1.165) is 21.0 Å². The number of hydrogen-bond donors (Lipinski definition) is 2. The number of aromatic nitrogens is 1. The Labute approximate surface area is 153 Å². The van der Waals surface area contributed by atoms with E-state index in [1.165, 1.54) is 11.3 Å². The van der Waals surface area contributed by atoms with Crippen LogP contribution in [0.4, 0.5) is 5.69 Å². The number of nitrogens with one attached hydrogen (secondary N) is 2. The largest absolute Gasteiger partial charge is 0.461 e. The average molecular weight is 364 g/mol. The van der Waals surface area contributed by atoms with Crippen LogP contribution in [0.5, 0.6) is 0 Å². The molecule has 0 atom stereocenters. The molecule has 26 heavy (non-hydrogen) atoms. The molecule has 2 N–H and O–H groups in total. The Hall–Kier alpha value is -3.12. The highest BCUT2D eigenvalue weighted by molar-refractivity contribution is 7.20. The van der Waals surface area contributed by atoms with Crippen LogP contribution < -0.4 is 5.32 Å². The lowest BCUT2D eigenvalue weighted by molar-refractivity contribution is 0.0520. The van der Waals surface area contributed by atoms with Crippen molar-refractivity contribution in [1.29, 1.82) is 0 Å². The molecule has 0 aliphatic carbocycles. The lowest BCUT2D eigenvalue weighted by Crippen LogP contribution is -2.09. The minimum atomic E-state index is -0.389. The van der Waals surface area contributed by atoms with Gasteiger partial charge in [-0.2, -0.15) is 0 Å². The summed E-state index contributed by atoms with van der Waals surface area (Å²) in [5, 5.41) is 4.81. The highest BCUT2D eigenvalue weighted by Gasteiger charge is 2.13. The summed E-state index contributed by atoms with van der Waals surface area (Å²) in [4.78, 5) is 28.0. The molecule has 0 radical (unpaired) electrons. The number of carbonyl (C=O) groups excluding carboxylic acids is 2. The van der Waals surface area contributed by atoms with Gasteiger partial charge in [0, 0.05) is 21.3 Å². The molecule has 4 aromatic rings. The number of benzene rings is 2. The van der Waals surface area contributed by atoms with E-state index >= 15 is 0 Å². The Bertz CT molecular complexity index is 1090. The van der Waals surface area contributed by atoms with Gasteiger partial charge in [0.2, 0.25) is 0 Å². The number of hydrogen-bond acceptors (Lipinski definition) is 4. The third-order valence-corrected chi connectivity index (χ3v) is 5.14. The molecular formula is C20H16N2O3S. The molecule has 2 aromatic carbocycles. The van der Waals surface area contributed by atoms with Gasteiger partial charge >= 0.3 is 5.97 Å². The average Bonchev–Trinajstić information content (AvgIpc) is 3.25. The minimum absolute atomic E-state index is 0.147. The van der Waals surface area contributed by atoms with Gasteiger partial charge in [-0.15, -0.1) is 11.3 Å². The van der Waals surface area contributed by atoms with Gasteiger partial charge in [0.05, 0.1) is 11.5 Å². The first-order valence-electron chi connectivity index (χ1n) is 8.24.